The number of rotatable bonds is 5. The van der Waals surface area contributed by atoms with Gasteiger partial charge in [0.1, 0.15) is 6.10 Å². The summed E-state index contributed by atoms with van der Waals surface area (Å²) >= 11 is 0. The quantitative estimate of drug-likeness (QED) is 0.837. The predicted molar refractivity (Wildman–Crippen MR) is 64.5 cm³/mol. The molecule has 0 radical (unpaired) electrons. The molecule has 1 aromatic rings. The number of hydrogen-bond acceptors (Lipinski definition) is 5. The first-order chi connectivity index (χ1) is 8.28. The van der Waals surface area contributed by atoms with Crippen molar-refractivity contribution in [1.82, 2.24) is 15.3 Å². The maximum absolute atomic E-state index is 5.71. The lowest BCUT2D eigenvalue weighted by Crippen LogP contribution is -2.21. The van der Waals surface area contributed by atoms with Gasteiger partial charge in [-0.3, -0.25) is 0 Å². The van der Waals surface area contributed by atoms with Gasteiger partial charge in [0.2, 0.25) is 5.88 Å². The highest BCUT2D eigenvalue weighted by molar-refractivity contribution is 5.17. The van der Waals surface area contributed by atoms with Gasteiger partial charge in [-0.2, -0.15) is 4.98 Å². The van der Waals surface area contributed by atoms with E-state index < -0.39 is 0 Å². The minimum absolute atomic E-state index is 0.177. The van der Waals surface area contributed by atoms with Crippen LogP contribution in [0, 0.1) is 6.92 Å². The fraction of sp³-hybridized carbons (Fsp3) is 0.667. The van der Waals surface area contributed by atoms with E-state index in [1.807, 2.05) is 13.0 Å². The van der Waals surface area contributed by atoms with Crippen LogP contribution in [0.2, 0.25) is 0 Å². The van der Waals surface area contributed by atoms with Gasteiger partial charge in [0, 0.05) is 18.3 Å². The first-order valence-corrected chi connectivity index (χ1v) is 6.14. The normalized spacial score (nSPS) is 19.3. The second-order valence-electron chi connectivity index (χ2n) is 4.21. The molecule has 1 aliphatic rings. The molecule has 1 atom stereocenters. The van der Waals surface area contributed by atoms with Crippen LogP contribution < -0.4 is 14.8 Å². The van der Waals surface area contributed by atoms with Gasteiger partial charge < -0.3 is 14.8 Å². The topological polar surface area (TPSA) is 56.3 Å². The van der Waals surface area contributed by atoms with Crippen LogP contribution in [0.15, 0.2) is 6.07 Å². The highest BCUT2D eigenvalue weighted by Crippen LogP contribution is 2.16. The molecular formula is C12H19N3O2. The number of nitrogens with zero attached hydrogens (tertiary/aromatic N) is 2. The fourth-order valence-corrected chi connectivity index (χ4v) is 1.72. The van der Waals surface area contributed by atoms with E-state index in [2.05, 4.69) is 22.2 Å². The molecule has 1 saturated heterocycles. The van der Waals surface area contributed by atoms with Crippen molar-refractivity contribution in [3.05, 3.63) is 11.8 Å². The Labute approximate surface area is 102 Å². The van der Waals surface area contributed by atoms with Gasteiger partial charge in [0.15, 0.2) is 0 Å². The molecule has 0 amide bonds. The summed E-state index contributed by atoms with van der Waals surface area (Å²) < 4.78 is 11.2. The Bertz CT molecular complexity index is 365. The van der Waals surface area contributed by atoms with Crippen LogP contribution in [0.5, 0.6) is 11.9 Å². The number of aromatic nitrogens is 2. The zero-order valence-corrected chi connectivity index (χ0v) is 10.4. The summed E-state index contributed by atoms with van der Waals surface area (Å²) in [5.41, 5.74) is 0.868. The van der Waals surface area contributed by atoms with Crippen LogP contribution in [-0.4, -0.2) is 35.8 Å². The van der Waals surface area contributed by atoms with E-state index in [4.69, 9.17) is 9.47 Å². The van der Waals surface area contributed by atoms with E-state index in [-0.39, 0.29) is 6.10 Å². The predicted octanol–water partition coefficient (Wildman–Crippen LogP) is 1.31. The Kier molecular flexibility index (Phi) is 4.14. The minimum atomic E-state index is 0.177. The van der Waals surface area contributed by atoms with Crippen LogP contribution in [0.25, 0.3) is 0 Å². The van der Waals surface area contributed by atoms with Crippen LogP contribution in [0.3, 0.4) is 0 Å². The van der Waals surface area contributed by atoms with Crippen molar-refractivity contribution in [3.8, 4) is 11.9 Å². The summed E-state index contributed by atoms with van der Waals surface area (Å²) in [7, 11) is 0. The molecule has 0 saturated carbocycles. The van der Waals surface area contributed by atoms with Crippen LogP contribution >= 0.6 is 0 Å². The summed E-state index contributed by atoms with van der Waals surface area (Å²) in [5, 5.41) is 3.24. The van der Waals surface area contributed by atoms with Crippen molar-refractivity contribution >= 4 is 0 Å². The summed E-state index contributed by atoms with van der Waals surface area (Å²) in [4.78, 5) is 8.52. The highest BCUT2D eigenvalue weighted by atomic mass is 16.5. The minimum Gasteiger partial charge on any atom is -0.478 e. The summed E-state index contributed by atoms with van der Waals surface area (Å²) in [5.74, 6) is 0.598. The maximum Gasteiger partial charge on any atom is 0.320 e. The molecule has 5 nitrogen and oxygen atoms in total. The summed E-state index contributed by atoms with van der Waals surface area (Å²) in [6.07, 6.45) is 2.14. The zero-order valence-electron chi connectivity index (χ0n) is 10.4. The van der Waals surface area contributed by atoms with Crippen molar-refractivity contribution < 1.29 is 9.47 Å². The van der Waals surface area contributed by atoms with E-state index in [1.165, 1.54) is 0 Å². The largest absolute Gasteiger partial charge is 0.478 e. The fourth-order valence-electron chi connectivity index (χ4n) is 1.72. The Morgan fingerprint density at radius 2 is 2.35 bits per heavy atom. The molecule has 1 unspecified atom stereocenters. The van der Waals surface area contributed by atoms with Gasteiger partial charge in [-0.15, -0.1) is 0 Å². The first-order valence-electron chi connectivity index (χ1n) is 6.14. The molecule has 0 aliphatic carbocycles. The third-order valence-corrected chi connectivity index (χ3v) is 2.55. The van der Waals surface area contributed by atoms with E-state index in [0.29, 0.717) is 18.5 Å². The number of nitrogens with one attached hydrogen (secondary N) is 1. The Morgan fingerprint density at radius 1 is 1.47 bits per heavy atom. The van der Waals surface area contributed by atoms with Gasteiger partial charge >= 0.3 is 6.01 Å². The summed E-state index contributed by atoms with van der Waals surface area (Å²) in [6, 6.07) is 2.25. The first kappa shape index (κ1) is 12.1. The molecule has 94 valence electrons. The lowest BCUT2D eigenvalue weighted by molar-refractivity contribution is 0.199. The zero-order chi connectivity index (χ0) is 12.1. The molecule has 1 fully saturated rings. The molecule has 0 bridgehead atoms. The third kappa shape index (κ3) is 3.56. The van der Waals surface area contributed by atoms with Gasteiger partial charge in [-0.1, -0.05) is 6.92 Å². The molecule has 2 heterocycles. The van der Waals surface area contributed by atoms with Gasteiger partial charge in [-0.25, -0.2) is 4.98 Å². The van der Waals surface area contributed by atoms with Crippen molar-refractivity contribution in [2.75, 3.05) is 19.7 Å². The lowest BCUT2D eigenvalue weighted by Gasteiger charge is -2.12. The second kappa shape index (κ2) is 5.82. The average Bonchev–Trinajstić information content (AvgIpc) is 2.78. The van der Waals surface area contributed by atoms with Gasteiger partial charge in [0.25, 0.3) is 0 Å². The average molecular weight is 237 g/mol. The lowest BCUT2D eigenvalue weighted by atomic mass is 10.3. The highest BCUT2D eigenvalue weighted by Gasteiger charge is 2.17. The van der Waals surface area contributed by atoms with E-state index >= 15 is 0 Å². The second-order valence-corrected chi connectivity index (χ2v) is 4.21. The van der Waals surface area contributed by atoms with E-state index in [1.54, 1.807) is 0 Å². The van der Waals surface area contributed by atoms with Crippen molar-refractivity contribution in [1.29, 1.82) is 0 Å². The van der Waals surface area contributed by atoms with Crippen molar-refractivity contribution in [3.63, 3.8) is 0 Å². The maximum atomic E-state index is 5.71. The standard InChI is InChI=1S/C12H19N3O2/c1-3-6-16-11-7-9(2)14-12(15-11)17-10-4-5-13-8-10/h7,10,13H,3-6,8H2,1-2H3. The van der Waals surface area contributed by atoms with Gasteiger partial charge in [-0.05, 0) is 26.3 Å². The van der Waals surface area contributed by atoms with E-state index in [0.717, 1.165) is 31.6 Å². The van der Waals surface area contributed by atoms with Crippen LogP contribution in [0.1, 0.15) is 25.5 Å². The SMILES string of the molecule is CCCOc1cc(C)nc(OC2CCNC2)n1. The molecule has 2 rings (SSSR count). The molecule has 0 spiro atoms. The molecule has 0 aromatic carbocycles. The molecule has 1 N–H and O–H groups in total. The Balaban J connectivity index is 2.02. The molecule has 1 aliphatic heterocycles. The Hall–Kier alpha value is -1.36. The summed E-state index contributed by atoms with van der Waals surface area (Å²) in [6.45, 7) is 6.51. The Morgan fingerprint density at radius 3 is 3.06 bits per heavy atom. The molecule has 17 heavy (non-hydrogen) atoms. The number of aryl methyl sites for hydroxylation is 1. The van der Waals surface area contributed by atoms with E-state index in [9.17, 15) is 0 Å². The van der Waals surface area contributed by atoms with Crippen LogP contribution in [-0.2, 0) is 0 Å². The monoisotopic (exact) mass is 237 g/mol. The number of ether oxygens (including phenoxy) is 2. The van der Waals surface area contributed by atoms with Crippen molar-refractivity contribution in [2.24, 2.45) is 0 Å². The van der Waals surface area contributed by atoms with Gasteiger partial charge in [0.05, 0.1) is 6.61 Å². The molecule has 1 aromatic heterocycles. The van der Waals surface area contributed by atoms with Crippen LogP contribution in [0.4, 0.5) is 0 Å². The third-order valence-electron chi connectivity index (χ3n) is 2.55. The molecule has 5 heteroatoms. The van der Waals surface area contributed by atoms with Crippen molar-refractivity contribution in [2.45, 2.75) is 32.8 Å². The molecular weight excluding hydrogens is 218 g/mol. The number of hydrogen-bond donors (Lipinski definition) is 1. The smallest absolute Gasteiger partial charge is 0.320 e.